The second-order valence-electron chi connectivity index (χ2n) is 3.58. The van der Waals surface area contributed by atoms with Crippen LogP contribution in [0.2, 0.25) is 5.02 Å². The number of aromatic nitrogens is 3. The third kappa shape index (κ3) is 3.51. The summed E-state index contributed by atoms with van der Waals surface area (Å²) in [6.45, 7) is 1.97. The van der Waals surface area contributed by atoms with Gasteiger partial charge in [0.15, 0.2) is 0 Å². The van der Waals surface area contributed by atoms with E-state index >= 15 is 0 Å². The number of hydrogen-bond donors (Lipinski definition) is 1. The first-order chi connectivity index (χ1) is 8.25. The molecule has 6 heteroatoms. The number of nitrogens with zero attached hydrogens (tertiary/aromatic N) is 3. The maximum atomic E-state index is 13.0. The molecule has 1 N–H and O–H groups in total. The van der Waals surface area contributed by atoms with E-state index in [2.05, 4.69) is 15.6 Å². The van der Waals surface area contributed by atoms with Crippen molar-refractivity contribution in [3.05, 3.63) is 47.0 Å². The molecule has 0 radical (unpaired) electrons. The van der Waals surface area contributed by atoms with E-state index in [0.717, 1.165) is 12.1 Å². The van der Waals surface area contributed by atoms with Crippen molar-refractivity contribution >= 4 is 11.6 Å². The van der Waals surface area contributed by atoms with Crippen LogP contribution in [0.5, 0.6) is 0 Å². The molecule has 17 heavy (non-hydrogen) atoms. The zero-order valence-electron chi connectivity index (χ0n) is 9.11. The lowest BCUT2D eigenvalue weighted by Crippen LogP contribution is -2.20. The average Bonchev–Trinajstić information content (AvgIpc) is 2.82. The minimum atomic E-state index is -0.275. The van der Waals surface area contributed by atoms with Gasteiger partial charge in [-0.25, -0.2) is 4.39 Å². The van der Waals surface area contributed by atoms with Gasteiger partial charge in [-0.05, 0) is 23.8 Å². The summed E-state index contributed by atoms with van der Waals surface area (Å²) in [4.78, 5) is 0. The summed E-state index contributed by atoms with van der Waals surface area (Å²) in [6, 6.07) is 4.34. The molecule has 2 aromatic rings. The lowest BCUT2D eigenvalue weighted by atomic mass is 10.2. The first-order valence-corrected chi connectivity index (χ1v) is 5.62. The fourth-order valence-electron chi connectivity index (χ4n) is 1.45. The first kappa shape index (κ1) is 12.0. The van der Waals surface area contributed by atoms with Gasteiger partial charge in [-0.15, -0.1) is 5.10 Å². The van der Waals surface area contributed by atoms with Crippen LogP contribution in [-0.4, -0.2) is 21.5 Å². The van der Waals surface area contributed by atoms with Gasteiger partial charge in [0.1, 0.15) is 5.82 Å². The van der Waals surface area contributed by atoms with Gasteiger partial charge < -0.3 is 5.32 Å². The summed E-state index contributed by atoms with van der Waals surface area (Å²) in [6.07, 6.45) is 3.42. The summed E-state index contributed by atoms with van der Waals surface area (Å²) in [5.74, 6) is -0.275. The average molecular weight is 255 g/mol. The minimum Gasteiger partial charge on any atom is -0.311 e. The zero-order chi connectivity index (χ0) is 12.1. The fraction of sp³-hybridized carbons (Fsp3) is 0.273. The molecule has 0 unspecified atom stereocenters. The van der Waals surface area contributed by atoms with Crippen molar-refractivity contribution < 1.29 is 4.39 Å². The Labute approximate surface area is 103 Å². The highest BCUT2D eigenvalue weighted by Crippen LogP contribution is 2.16. The van der Waals surface area contributed by atoms with Crippen LogP contribution in [0.3, 0.4) is 0 Å². The Morgan fingerprint density at radius 2 is 2.29 bits per heavy atom. The molecular formula is C11H12ClFN4. The quantitative estimate of drug-likeness (QED) is 0.829. The smallest absolute Gasteiger partial charge is 0.123 e. The topological polar surface area (TPSA) is 42.7 Å². The SMILES string of the molecule is Fc1ccc(Cl)c(CNCCn2ccnn2)c1. The van der Waals surface area contributed by atoms with Gasteiger partial charge in [-0.3, -0.25) is 4.68 Å². The molecule has 0 atom stereocenters. The summed E-state index contributed by atoms with van der Waals surface area (Å²) in [5.41, 5.74) is 0.755. The molecular weight excluding hydrogens is 243 g/mol. The van der Waals surface area contributed by atoms with Crippen molar-refractivity contribution in [1.29, 1.82) is 0 Å². The summed E-state index contributed by atoms with van der Waals surface area (Å²) in [7, 11) is 0. The van der Waals surface area contributed by atoms with Crippen LogP contribution in [0.4, 0.5) is 4.39 Å². The first-order valence-electron chi connectivity index (χ1n) is 5.24. The summed E-state index contributed by atoms with van der Waals surface area (Å²) >= 11 is 5.94. The fourth-order valence-corrected chi connectivity index (χ4v) is 1.63. The highest BCUT2D eigenvalue weighted by molar-refractivity contribution is 6.31. The lowest BCUT2D eigenvalue weighted by Gasteiger charge is -2.06. The molecule has 1 aromatic heterocycles. The molecule has 0 amide bonds. The van der Waals surface area contributed by atoms with Gasteiger partial charge in [-0.1, -0.05) is 16.8 Å². The van der Waals surface area contributed by atoms with E-state index in [0.29, 0.717) is 18.1 Å². The molecule has 0 bridgehead atoms. The van der Waals surface area contributed by atoms with Crippen molar-refractivity contribution in [3.63, 3.8) is 0 Å². The maximum absolute atomic E-state index is 13.0. The van der Waals surface area contributed by atoms with Gasteiger partial charge in [0.2, 0.25) is 0 Å². The van der Waals surface area contributed by atoms with Crippen LogP contribution in [0.25, 0.3) is 0 Å². The van der Waals surface area contributed by atoms with E-state index in [1.165, 1.54) is 12.1 Å². The normalized spacial score (nSPS) is 10.7. The predicted molar refractivity (Wildman–Crippen MR) is 63.1 cm³/mol. The highest BCUT2D eigenvalue weighted by atomic mass is 35.5. The van der Waals surface area contributed by atoms with Crippen LogP contribution >= 0.6 is 11.6 Å². The second-order valence-corrected chi connectivity index (χ2v) is 3.99. The van der Waals surface area contributed by atoms with E-state index < -0.39 is 0 Å². The van der Waals surface area contributed by atoms with E-state index in [9.17, 15) is 4.39 Å². The molecule has 0 aliphatic heterocycles. The molecule has 0 aliphatic carbocycles. The number of rotatable bonds is 5. The van der Waals surface area contributed by atoms with Gasteiger partial charge >= 0.3 is 0 Å². The zero-order valence-corrected chi connectivity index (χ0v) is 9.86. The third-order valence-electron chi connectivity index (χ3n) is 2.31. The van der Waals surface area contributed by atoms with E-state index in [4.69, 9.17) is 11.6 Å². The van der Waals surface area contributed by atoms with Gasteiger partial charge in [0.05, 0.1) is 12.7 Å². The Bertz CT molecular complexity index is 472. The number of nitrogens with one attached hydrogen (secondary N) is 1. The number of hydrogen-bond acceptors (Lipinski definition) is 3. The standard InChI is InChI=1S/C11H12ClFN4/c12-11-2-1-10(13)7-9(11)8-14-3-5-17-6-4-15-16-17/h1-2,4,6-7,14H,3,5,8H2. The lowest BCUT2D eigenvalue weighted by molar-refractivity contribution is 0.539. The number of benzene rings is 1. The van der Waals surface area contributed by atoms with Crippen LogP contribution in [0.1, 0.15) is 5.56 Å². The van der Waals surface area contributed by atoms with Crippen molar-refractivity contribution in [1.82, 2.24) is 20.3 Å². The van der Waals surface area contributed by atoms with Crippen molar-refractivity contribution in [2.75, 3.05) is 6.54 Å². The molecule has 2 rings (SSSR count). The van der Waals surface area contributed by atoms with Crippen LogP contribution < -0.4 is 5.32 Å². The molecule has 90 valence electrons. The summed E-state index contributed by atoms with van der Waals surface area (Å²) < 4.78 is 14.7. The Hall–Kier alpha value is -1.46. The molecule has 0 saturated heterocycles. The molecule has 1 aromatic carbocycles. The Morgan fingerprint density at radius 3 is 3.06 bits per heavy atom. The third-order valence-corrected chi connectivity index (χ3v) is 2.68. The molecule has 4 nitrogen and oxygen atoms in total. The Morgan fingerprint density at radius 1 is 1.41 bits per heavy atom. The minimum absolute atomic E-state index is 0.275. The van der Waals surface area contributed by atoms with Crippen molar-refractivity contribution in [2.24, 2.45) is 0 Å². The van der Waals surface area contributed by atoms with Crippen molar-refractivity contribution in [2.45, 2.75) is 13.1 Å². The van der Waals surface area contributed by atoms with E-state index in [-0.39, 0.29) is 5.82 Å². The van der Waals surface area contributed by atoms with Crippen LogP contribution in [0, 0.1) is 5.82 Å². The van der Waals surface area contributed by atoms with E-state index in [1.54, 1.807) is 23.1 Å². The molecule has 1 heterocycles. The number of halogens is 2. The van der Waals surface area contributed by atoms with Crippen LogP contribution in [0.15, 0.2) is 30.6 Å². The predicted octanol–water partition coefficient (Wildman–Crippen LogP) is 1.86. The van der Waals surface area contributed by atoms with Gasteiger partial charge in [0.25, 0.3) is 0 Å². The van der Waals surface area contributed by atoms with Crippen LogP contribution in [-0.2, 0) is 13.1 Å². The summed E-state index contributed by atoms with van der Waals surface area (Å²) in [5, 5.41) is 11.3. The van der Waals surface area contributed by atoms with Gasteiger partial charge in [-0.2, -0.15) is 0 Å². The Kier molecular flexibility index (Phi) is 4.06. The molecule has 0 fully saturated rings. The Balaban J connectivity index is 1.80. The molecule has 0 saturated carbocycles. The molecule has 0 aliphatic rings. The molecule has 0 spiro atoms. The largest absolute Gasteiger partial charge is 0.311 e. The van der Waals surface area contributed by atoms with Crippen molar-refractivity contribution in [3.8, 4) is 0 Å². The maximum Gasteiger partial charge on any atom is 0.123 e. The monoisotopic (exact) mass is 254 g/mol. The van der Waals surface area contributed by atoms with E-state index in [1.807, 2.05) is 0 Å². The second kappa shape index (κ2) is 5.75. The highest BCUT2D eigenvalue weighted by Gasteiger charge is 2.01. The van der Waals surface area contributed by atoms with Gasteiger partial charge in [0, 0.05) is 24.3 Å².